The van der Waals surface area contributed by atoms with Crippen LogP contribution in [-0.4, -0.2) is 65.5 Å². The second-order valence-corrected chi connectivity index (χ2v) is 9.15. The number of hydrogen-bond donors (Lipinski definition) is 3. The van der Waals surface area contributed by atoms with Crippen molar-refractivity contribution in [3.8, 4) is 16.9 Å². The van der Waals surface area contributed by atoms with Crippen molar-refractivity contribution >= 4 is 28.4 Å². The number of nitrogens with one attached hydrogen (secondary N) is 2. The Kier molecular flexibility index (Phi) is 6.39. The molecular weight excluding hydrogens is 458 g/mol. The highest BCUT2D eigenvalue weighted by molar-refractivity contribution is 6.01. The highest BCUT2D eigenvalue weighted by Gasteiger charge is 2.23. The summed E-state index contributed by atoms with van der Waals surface area (Å²) in [6.07, 6.45) is 6.98. The molecule has 0 atom stereocenters. The quantitative estimate of drug-likeness (QED) is 0.490. The number of fused-ring (bicyclic) bond motifs is 1. The molecule has 3 aromatic rings. The standard InChI is InChI=1S/C27H29N5O4/c1-30(2)27(35)24-16-21-14-20(15-23(26(21)36-24)18-5-7-22(33)8-6-18)19-4-3-11-31(17-19)25(34)9-12-32-13-10-28-29-32/h4-8,10,13-16,28-29,33H,3,9,11-12,17H2,1-2H3. The molecule has 0 saturated heterocycles. The van der Waals surface area contributed by atoms with Gasteiger partial charge in [-0.15, -0.1) is 5.53 Å². The van der Waals surface area contributed by atoms with Gasteiger partial charge in [-0.25, -0.2) is 0 Å². The van der Waals surface area contributed by atoms with E-state index in [9.17, 15) is 14.7 Å². The van der Waals surface area contributed by atoms with Crippen LogP contribution in [0.3, 0.4) is 0 Å². The first-order chi connectivity index (χ1) is 17.4. The number of nitrogens with zero attached hydrogens (tertiary/aromatic N) is 3. The first kappa shape index (κ1) is 23.5. The Bertz CT molecular complexity index is 1360. The maximum Gasteiger partial charge on any atom is 0.289 e. The normalized spacial score (nSPS) is 15.2. The van der Waals surface area contributed by atoms with Crippen molar-refractivity contribution in [3.05, 3.63) is 72.3 Å². The Labute approximate surface area is 209 Å². The molecular formula is C27H29N5O4. The molecule has 0 aliphatic carbocycles. The molecule has 186 valence electrons. The summed E-state index contributed by atoms with van der Waals surface area (Å²) in [6.45, 7) is 1.78. The number of phenolic OH excluding ortho intramolecular Hbond substituents is 1. The minimum absolute atomic E-state index is 0.102. The van der Waals surface area contributed by atoms with Gasteiger partial charge in [-0.2, -0.15) is 0 Å². The van der Waals surface area contributed by atoms with Gasteiger partial charge < -0.3 is 24.7 Å². The van der Waals surface area contributed by atoms with E-state index in [4.69, 9.17) is 4.42 Å². The lowest BCUT2D eigenvalue weighted by atomic mass is 9.94. The molecule has 3 N–H and O–H groups in total. The van der Waals surface area contributed by atoms with Gasteiger partial charge in [-0.05, 0) is 53.5 Å². The number of benzene rings is 2. The molecule has 0 saturated carbocycles. The van der Waals surface area contributed by atoms with Gasteiger partial charge in [-0.1, -0.05) is 18.2 Å². The van der Waals surface area contributed by atoms with Crippen LogP contribution in [-0.2, 0) is 4.79 Å². The Morgan fingerprint density at radius 3 is 2.64 bits per heavy atom. The zero-order chi connectivity index (χ0) is 25.2. The molecule has 2 aliphatic heterocycles. The van der Waals surface area contributed by atoms with Crippen molar-refractivity contribution in [2.24, 2.45) is 0 Å². The monoisotopic (exact) mass is 487 g/mol. The minimum Gasteiger partial charge on any atom is -0.508 e. The maximum atomic E-state index is 12.9. The minimum atomic E-state index is -0.212. The fraction of sp³-hybridized carbons (Fsp3) is 0.259. The molecule has 1 aromatic heterocycles. The smallest absolute Gasteiger partial charge is 0.289 e. The van der Waals surface area contributed by atoms with E-state index >= 15 is 0 Å². The summed E-state index contributed by atoms with van der Waals surface area (Å²) in [5.41, 5.74) is 10.1. The lowest BCUT2D eigenvalue weighted by Gasteiger charge is -2.28. The van der Waals surface area contributed by atoms with Crippen LogP contribution in [0.4, 0.5) is 0 Å². The maximum absolute atomic E-state index is 12.9. The van der Waals surface area contributed by atoms with Crippen LogP contribution in [0.15, 0.2) is 65.4 Å². The van der Waals surface area contributed by atoms with Crippen LogP contribution in [0.5, 0.6) is 5.75 Å². The summed E-state index contributed by atoms with van der Waals surface area (Å²) in [7, 11) is 3.37. The fourth-order valence-electron chi connectivity index (χ4n) is 4.47. The number of rotatable bonds is 6. The molecule has 0 radical (unpaired) electrons. The number of hydrogen-bond acceptors (Lipinski definition) is 7. The molecule has 2 aliphatic rings. The molecule has 36 heavy (non-hydrogen) atoms. The van der Waals surface area contributed by atoms with E-state index in [2.05, 4.69) is 17.0 Å². The number of aromatic hydroxyl groups is 1. The summed E-state index contributed by atoms with van der Waals surface area (Å²) < 4.78 is 6.03. The summed E-state index contributed by atoms with van der Waals surface area (Å²) in [5, 5.41) is 12.4. The topological polar surface area (TPSA) is 101 Å². The van der Waals surface area contributed by atoms with Crippen LogP contribution in [0.2, 0.25) is 0 Å². The van der Waals surface area contributed by atoms with Gasteiger partial charge in [-0.3, -0.25) is 14.6 Å². The third-order valence-corrected chi connectivity index (χ3v) is 6.40. The van der Waals surface area contributed by atoms with Gasteiger partial charge in [0, 0.05) is 63.5 Å². The van der Waals surface area contributed by atoms with Crippen molar-refractivity contribution < 1.29 is 19.1 Å². The molecule has 0 spiro atoms. The van der Waals surface area contributed by atoms with Crippen molar-refractivity contribution in [2.75, 3.05) is 33.7 Å². The van der Waals surface area contributed by atoms with Crippen molar-refractivity contribution in [1.82, 2.24) is 25.8 Å². The first-order valence-corrected chi connectivity index (χ1v) is 11.9. The number of furan rings is 1. The summed E-state index contributed by atoms with van der Waals surface area (Å²) >= 11 is 0. The number of carbonyl (C=O) groups excluding carboxylic acids is 2. The van der Waals surface area contributed by atoms with Crippen LogP contribution >= 0.6 is 0 Å². The number of carbonyl (C=O) groups is 2. The van der Waals surface area contributed by atoms with Gasteiger partial charge in [0.25, 0.3) is 5.91 Å². The fourth-order valence-corrected chi connectivity index (χ4v) is 4.47. The van der Waals surface area contributed by atoms with E-state index in [1.807, 2.05) is 40.4 Å². The van der Waals surface area contributed by atoms with Gasteiger partial charge >= 0.3 is 0 Å². The van der Waals surface area contributed by atoms with E-state index in [0.29, 0.717) is 31.6 Å². The first-order valence-electron chi connectivity index (χ1n) is 11.9. The van der Waals surface area contributed by atoms with Crippen LogP contribution in [0.1, 0.15) is 29.0 Å². The van der Waals surface area contributed by atoms with E-state index in [-0.39, 0.29) is 23.3 Å². The lowest BCUT2D eigenvalue weighted by Crippen LogP contribution is -2.40. The van der Waals surface area contributed by atoms with Crippen molar-refractivity contribution in [3.63, 3.8) is 0 Å². The number of hydrazine groups is 2. The molecule has 0 fully saturated rings. The Balaban J connectivity index is 1.46. The molecule has 2 aromatic carbocycles. The Morgan fingerprint density at radius 2 is 1.92 bits per heavy atom. The number of amides is 2. The Morgan fingerprint density at radius 1 is 1.11 bits per heavy atom. The van der Waals surface area contributed by atoms with Gasteiger partial charge in [0.15, 0.2) is 5.76 Å². The van der Waals surface area contributed by atoms with E-state index < -0.39 is 0 Å². The third kappa shape index (κ3) is 4.78. The van der Waals surface area contributed by atoms with Crippen LogP contribution in [0, 0.1) is 0 Å². The van der Waals surface area contributed by atoms with Gasteiger partial charge in [0.1, 0.15) is 11.3 Å². The zero-order valence-corrected chi connectivity index (χ0v) is 20.3. The largest absolute Gasteiger partial charge is 0.508 e. The second kappa shape index (κ2) is 9.79. The predicted octanol–water partition coefficient (Wildman–Crippen LogP) is 3.31. The molecule has 9 nitrogen and oxygen atoms in total. The van der Waals surface area contributed by atoms with Crippen LogP contribution in [0.25, 0.3) is 27.7 Å². The van der Waals surface area contributed by atoms with E-state index in [1.165, 1.54) is 4.90 Å². The van der Waals surface area contributed by atoms with Crippen molar-refractivity contribution in [2.45, 2.75) is 12.8 Å². The van der Waals surface area contributed by atoms with Crippen molar-refractivity contribution in [1.29, 1.82) is 0 Å². The van der Waals surface area contributed by atoms with Crippen LogP contribution < -0.4 is 11.0 Å². The Hall–Kier alpha value is -4.24. The van der Waals surface area contributed by atoms with E-state index in [0.717, 1.165) is 34.1 Å². The highest BCUT2D eigenvalue weighted by atomic mass is 16.3. The molecule has 5 rings (SSSR count). The van der Waals surface area contributed by atoms with E-state index in [1.54, 1.807) is 38.5 Å². The average Bonchev–Trinajstić information content (AvgIpc) is 3.57. The third-order valence-electron chi connectivity index (χ3n) is 6.40. The second-order valence-electron chi connectivity index (χ2n) is 9.15. The van der Waals surface area contributed by atoms with Gasteiger partial charge in [0.05, 0.1) is 0 Å². The molecule has 3 heterocycles. The average molecular weight is 488 g/mol. The lowest BCUT2D eigenvalue weighted by molar-refractivity contribution is -0.131. The molecule has 0 unspecified atom stereocenters. The zero-order valence-electron chi connectivity index (χ0n) is 20.3. The predicted molar refractivity (Wildman–Crippen MR) is 137 cm³/mol. The molecule has 0 bridgehead atoms. The summed E-state index contributed by atoms with van der Waals surface area (Å²) in [6, 6.07) is 12.7. The summed E-state index contributed by atoms with van der Waals surface area (Å²) in [5.74, 6) is 0.328. The molecule has 9 heteroatoms. The summed E-state index contributed by atoms with van der Waals surface area (Å²) in [4.78, 5) is 28.9. The number of phenols is 1. The molecule has 2 amide bonds. The highest BCUT2D eigenvalue weighted by Crippen LogP contribution is 2.36. The van der Waals surface area contributed by atoms with Gasteiger partial charge in [0.2, 0.25) is 5.91 Å². The SMILES string of the molecule is CN(C)C(=O)c1cc2cc(C3=CCCN(C(=O)CCN4C=CNN4)C3)cc(-c3ccc(O)cc3)c2o1.